The zero-order valence-electron chi connectivity index (χ0n) is 13.8. The number of halogens is 1. The zero-order valence-corrected chi connectivity index (χ0v) is 15.3. The normalized spacial score (nSPS) is 10.4. The van der Waals surface area contributed by atoms with Crippen molar-refractivity contribution in [1.29, 1.82) is 0 Å². The molecular formula is C15H12BrN7O4. The Labute approximate surface area is 160 Å². The van der Waals surface area contributed by atoms with Gasteiger partial charge in [0.1, 0.15) is 4.47 Å². The minimum Gasteiger partial charge on any atom is -0.358 e. The van der Waals surface area contributed by atoms with Crippen molar-refractivity contribution in [1.82, 2.24) is 20.0 Å². The molecular weight excluding hydrogens is 422 g/mol. The lowest BCUT2D eigenvalue weighted by atomic mass is 10.2. The third-order valence-electron chi connectivity index (χ3n) is 3.41. The van der Waals surface area contributed by atoms with E-state index in [4.69, 9.17) is 0 Å². The summed E-state index contributed by atoms with van der Waals surface area (Å²) in [5.41, 5.74) is 0.899. The van der Waals surface area contributed by atoms with E-state index in [2.05, 4.69) is 41.9 Å². The van der Waals surface area contributed by atoms with Crippen molar-refractivity contribution in [3.63, 3.8) is 0 Å². The molecule has 2 amide bonds. The van der Waals surface area contributed by atoms with E-state index in [0.717, 1.165) is 0 Å². The quantitative estimate of drug-likeness (QED) is 0.415. The molecule has 0 saturated carbocycles. The highest BCUT2D eigenvalue weighted by Gasteiger charge is 2.24. The van der Waals surface area contributed by atoms with Crippen molar-refractivity contribution in [2.75, 3.05) is 10.6 Å². The molecule has 2 aromatic heterocycles. The third kappa shape index (κ3) is 4.00. The van der Waals surface area contributed by atoms with Crippen LogP contribution in [0.25, 0.3) is 0 Å². The van der Waals surface area contributed by atoms with Gasteiger partial charge < -0.3 is 20.7 Å². The number of H-pyrrole nitrogens is 1. The van der Waals surface area contributed by atoms with Gasteiger partial charge in [0.25, 0.3) is 11.8 Å². The van der Waals surface area contributed by atoms with Crippen LogP contribution in [0, 0.1) is 10.1 Å². The highest BCUT2D eigenvalue weighted by Crippen LogP contribution is 2.26. The Kier molecular flexibility index (Phi) is 4.98. The maximum Gasteiger partial charge on any atom is 0.357 e. The second kappa shape index (κ2) is 7.37. The SMILES string of the molecule is Cn1ccc(C(=O)Nc2cccc(NC(=O)c3n[nH]c([N+](=O)[O-])c3Br)c2)n1. The number of carbonyl (C=O) groups is 2. The molecule has 3 rings (SSSR count). The number of carbonyl (C=O) groups excluding carboxylic acids is 2. The van der Waals surface area contributed by atoms with Crippen LogP contribution in [0.2, 0.25) is 0 Å². The van der Waals surface area contributed by atoms with E-state index in [9.17, 15) is 19.7 Å². The standard InChI is InChI=1S/C15H12BrN7O4/c1-22-6-5-10(21-22)14(24)17-8-3-2-4-9(7-8)18-15(25)12-11(16)13(20-19-12)23(26)27/h2-7H,1H3,(H,17,24)(H,18,25)(H,19,20). The molecule has 0 unspecified atom stereocenters. The molecule has 138 valence electrons. The van der Waals surface area contributed by atoms with Crippen LogP contribution in [0.3, 0.4) is 0 Å². The van der Waals surface area contributed by atoms with Gasteiger partial charge in [-0.15, -0.1) is 5.10 Å². The molecule has 0 atom stereocenters. The number of rotatable bonds is 5. The maximum atomic E-state index is 12.3. The van der Waals surface area contributed by atoms with Crippen LogP contribution in [-0.2, 0) is 7.05 Å². The Morgan fingerprint density at radius 1 is 1.22 bits per heavy atom. The Bertz CT molecular complexity index is 1040. The summed E-state index contributed by atoms with van der Waals surface area (Å²) < 4.78 is 1.46. The lowest BCUT2D eigenvalue weighted by molar-refractivity contribution is -0.390. The Morgan fingerprint density at radius 2 is 1.89 bits per heavy atom. The third-order valence-corrected chi connectivity index (χ3v) is 4.16. The first-order valence-corrected chi connectivity index (χ1v) is 8.25. The molecule has 0 radical (unpaired) electrons. The number of nitrogens with zero attached hydrogens (tertiary/aromatic N) is 4. The van der Waals surface area contributed by atoms with Crippen LogP contribution in [0.4, 0.5) is 17.2 Å². The van der Waals surface area contributed by atoms with E-state index in [1.165, 1.54) is 10.7 Å². The van der Waals surface area contributed by atoms with E-state index >= 15 is 0 Å². The van der Waals surface area contributed by atoms with Crippen LogP contribution in [0.1, 0.15) is 21.0 Å². The molecule has 0 aliphatic heterocycles. The number of aromatic nitrogens is 4. The van der Waals surface area contributed by atoms with Gasteiger partial charge in [0, 0.05) is 24.6 Å². The summed E-state index contributed by atoms with van der Waals surface area (Å²) in [6.07, 6.45) is 1.65. The summed E-state index contributed by atoms with van der Waals surface area (Å²) in [4.78, 5) is 34.5. The molecule has 0 saturated heterocycles. The van der Waals surface area contributed by atoms with Crippen molar-refractivity contribution in [3.05, 3.63) is 62.5 Å². The number of hydrogen-bond acceptors (Lipinski definition) is 6. The smallest absolute Gasteiger partial charge is 0.357 e. The molecule has 2 heterocycles. The molecule has 0 aliphatic carbocycles. The molecule has 27 heavy (non-hydrogen) atoms. The van der Waals surface area contributed by atoms with Crippen LogP contribution in [0.15, 0.2) is 41.0 Å². The fourth-order valence-corrected chi connectivity index (χ4v) is 2.69. The number of nitrogens with one attached hydrogen (secondary N) is 3. The number of aryl methyl sites for hydroxylation is 1. The molecule has 12 heteroatoms. The molecule has 0 fully saturated rings. The van der Waals surface area contributed by atoms with Gasteiger partial charge in [-0.2, -0.15) is 5.10 Å². The van der Waals surface area contributed by atoms with Crippen molar-refractivity contribution < 1.29 is 14.5 Å². The van der Waals surface area contributed by atoms with Gasteiger partial charge in [0.15, 0.2) is 11.4 Å². The Balaban J connectivity index is 1.73. The van der Waals surface area contributed by atoms with E-state index < -0.39 is 22.6 Å². The minimum absolute atomic E-state index is 0.0513. The summed E-state index contributed by atoms with van der Waals surface area (Å²) in [5, 5.41) is 25.9. The summed E-state index contributed by atoms with van der Waals surface area (Å²) in [7, 11) is 1.70. The van der Waals surface area contributed by atoms with Crippen LogP contribution in [0.5, 0.6) is 0 Å². The average molecular weight is 434 g/mol. The van der Waals surface area contributed by atoms with Crippen molar-refractivity contribution in [2.45, 2.75) is 0 Å². The number of nitro groups is 1. The average Bonchev–Trinajstić information content (AvgIpc) is 3.21. The maximum absolute atomic E-state index is 12.3. The van der Waals surface area contributed by atoms with Gasteiger partial charge in [-0.25, -0.2) is 0 Å². The van der Waals surface area contributed by atoms with Crippen LogP contribution in [-0.4, -0.2) is 36.7 Å². The molecule has 3 N–H and O–H groups in total. The monoisotopic (exact) mass is 433 g/mol. The van der Waals surface area contributed by atoms with Crippen molar-refractivity contribution in [3.8, 4) is 0 Å². The highest BCUT2D eigenvalue weighted by atomic mass is 79.9. The number of hydrogen-bond donors (Lipinski definition) is 3. The zero-order chi connectivity index (χ0) is 19.6. The first-order valence-electron chi connectivity index (χ1n) is 7.46. The topological polar surface area (TPSA) is 148 Å². The molecule has 1 aromatic carbocycles. The van der Waals surface area contributed by atoms with Gasteiger partial charge in [-0.3, -0.25) is 14.3 Å². The first kappa shape index (κ1) is 18.3. The fourth-order valence-electron chi connectivity index (χ4n) is 2.19. The number of benzene rings is 1. The van der Waals surface area contributed by atoms with Gasteiger partial charge in [-0.05, 0) is 45.1 Å². The number of aromatic amines is 1. The fraction of sp³-hybridized carbons (Fsp3) is 0.0667. The summed E-state index contributed by atoms with van der Waals surface area (Å²) >= 11 is 2.98. The largest absolute Gasteiger partial charge is 0.358 e. The van der Waals surface area contributed by atoms with Crippen molar-refractivity contribution in [2.24, 2.45) is 7.05 Å². The number of amides is 2. The van der Waals surface area contributed by atoms with Gasteiger partial charge in [0.05, 0.1) is 0 Å². The molecule has 0 aliphatic rings. The lowest BCUT2D eigenvalue weighted by Gasteiger charge is -2.07. The first-order chi connectivity index (χ1) is 12.8. The molecule has 0 bridgehead atoms. The van der Waals surface area contributed by atoms with Gasteiger partial charge in [-0.1, -0.05) is 11.2 Å². The van der Waals surface area contributed by atoms with Crippen LogP contribution >= 0.6 is 15.9 Å². The van der Waals surface area contributed by atoms with E-state index in [1.54, 1.807) is 37.5 Å². The molecule has 3 aromatic rings. The Hall–Kier alpha value is -3.54. The molecule has 11 nitrogen and oxygen atoms in total. The Morgan fingerprint density at radius 3 is 2.44 bits per heavy atom. The second-order valence-electron chi connectivity index (χ2n) is 5.36. The van der Waals surface area contributed by atoms with Crippen molar-refractivity contribution >= 4 is 44.9 Å². The van der Waals surface area contributed by atoms with E-state index in [1.807, 2.05) is 0 Å². The summed E-state index contributed by atoms with van der Waals surface area (Å²) in [6.45, 7) is 0. The van der Waals surface area contributed by atoms with E-state index in [-0.39, 0.29) is 15.9 Å². The predicted molar refractivity (Wildman–Crippen MR) is 98.5 cm³/mol. The summed E-state index contributed by atoms with van der Waals surface area (Å²) in [6, 6.07) is 7.98. The van der Waals surface area contributed by atoms with Crippen LogP contribution < -0.4 is 10.6 Å². The van der Waals surface area contributed by atoms with E-state index in [0.29, 0.717) is 11.4 Å². The minimum atomic E-state index is -0.693. The van der Waals surface area contributed by atoms with Gasteiger partial charge >= 0.3 is 5.82 Å². The highest BCUT2D eigenvalue weighted by molar-refractivity contribution is 9.10. The number of anilines is 2. The second-order valence-corrected chi connectivity index (χ2v) is 6.15. The summed E-state index contributed by atoms with van der Waals surface area (Å²) in [5.74, 6) is -1.47. The predicted octanol–water partition coefficient (Wildman–Crippen LogP) is 2.32. The van der Waals surface area contributed by atoms with Gasteiger partial charge in [0.2, 0.25) is 0 Å². The lowest BCUT2D eigenvalue weighted by Crippen LogP contribution is -2.15. The molecule has 0 spiro atoms.